The van der Waals surface area contributed by atoms with Crippen molar-refractivity contribution in [3.05, 3.63) is 47.0 Å². The monoisotopic (exact) mass is 398 g/mol. The molecule has 7 nitrogen and oxygen atoms in total. The van der Waals surface area contributed by atoms with Gasteiger partial charge in [-0.2, -0.15) is 0 Å². The molecule has 1 aromatic heterocycles. The normalized spacial score (nSPS) is 24.3. The Kier molecular flexibility index (Phi) is 4.55. The summed E-state index contributed by atoms with van der Waals surface area (Å²) in [4.78, 5) is 27.1. The predicted molar refractivity (Wildman–Crippen MR) is 106 cm³/mol. The molecule has 1 aromatic carbocycles. The van der Waals surface area contributed by atoms with Gasteiger partial charge in [0.25, 0.3) is 5.91 Å². The van der Waals surface area contributed by atoms with Gasteiger partial charge in [0.05, 0.1) is 18.8 Å². The zero-order chi connectivity index (χ0) is 19.9. The van der Waals surface area contributed by atoms with Crippen LogP contribution < -0.4 is 5.73 Å². The molecule has 2 aliphatic rings. The molecular weight excluding hydrogens is 376 g/mol. The third-order valence-corrected chi connectivity index (χ3v) is 5.83. The summed E-state index contributed by atoms with van der Waals surface area (Å²) in [6, 6.07) is 7.36. The number of hydrogen-bond donors (Lipinski definition) is 1. The molecule has 2 N–H and O–H groups in total. The van der Waals surface area contributed by atoms with E-state index in [2.05, 4.69) is 9.59 Å². The van der Waals surface area contributed by atoms with E-state index in [1.54, 1.807) is 23.1 Å². The van der Waals surface area contributed by atoms with Crippen LogP contribution in [-0.4, -0.2) is 51.5 Å². The van der Waals surface area contributed by atoms with Gasteiger partial charge in [0.1, 0.15) is 11.3 Å². The number of amides is 1. The lowest BCUT2D eigenvalue weighted by Gasteiger charge is -2.46. The molecule has 1 unspecified atom stereocenters. The predicted octanol–water partition coefficient (Wildman–Crippen LogP) is 2.26. The van der Waals surface area contributed by atoms with Crippen molar-refractivity contribution < 1.29 is 14.3 Å². The SMILES string of the molecule is CC1(C)CC2(C=C(N)C1=O)CN(C(=O)c1ccc(-c3csnn3)cc1)CCO2. The molecule has 1 aliphatic heterocycles. The summed E-state index contributed by atoms with van der Waals surface area (Å²) in [5.74, 6) is -0.135. The largest absolute Gasteiger partial charge is 0.396 e. The molecule has 2 heterocycles. The van der Waals surface area contributed by atoms with E-state index >= 15 is 0 Å². The number of allylic oxidation sites excluding steroid dienone is 1. The highest BCUT2D eigenvalue weighted by Gasteiger charge is 2.48. The second-order valence-electron chi connectivity index (χ2n) is 8.00. The summed E-state index contributed by atoms with van der Waals surface area (Å²) < 4.78 is 9.89. The van der Waals surface area contributed by atoms with Crippen LogP contribution in [0, 0.1) is 5.41 Å². The number of nitrogens with zero attached hydrogens (tertiary/aromatic N) is 3. The van der Waals surface area contributed by atoms with Gasteiger partial charge in [0, 0.05) is 28.5 Å². The van der Waals surface area contributed by atoms with E-state index < -0.39 is 11.0 Å². The lowest BCUT2D eigenvalue weighted by molar-refractivity contribution is -0.135. The van der Waals surface area contributed by atoms with Gasteiger partial charge in [0.2, 0.25) is 0 Å². The van der Waals surface area contributed by atoms with Gasteiger partial charge in [-0.3, -0.25) is 9.59 Å². The Morgan fingerprint density at radius 3 is 2.68 bits per heavy atom. The fraction of sp³-hybridized carbons (Fsp3) is 0.400. The highest BCUT2D eigenvalue weighted by molar-refractivity contribution is 7.03. The Balaban J connectivity index is 1.55. The van der Waals surface area contributed by atoms with Gasteiger partial charge in [-0.15, -0.1) is 5.10 Å². The Morgan fingerprint density at radius 2 is 2.04 bits per heavy atom. The first-order chi connectivity index (χ1) is 13.3. The van der Waals surface area contributed by atoms with Gasteiger partial charge in [-0.25, -0.2) is 0 Å². The zero-order valence-electron chi connectivity index (χ0n) is 15.8. The van der Waals surface area contributed by atoms with Crippen molar-refractivity contribution in [2.75, 3.05) is 19.7 Å². The van der Waals surface area contributed by atoms with E-state index in [-0.39, 0.29) is 17.4 Å². The molecule has 28 heavy (non-hydrogen) atoms. The van der Waals surface area contributed by atoms with Gasteiger partial charge >= 0.3 is 0 Å². The fourth-order valence-electron chi connectivity index (χ4n) is 4.05. The number of hydrogen-bond acceptors (Lipinski definition) is 7. The van der Waals surface area contributed by atoms with Gasteiger partial charge in [-0.1, -0.05) is 30.5 Å². The zero-order valence-corrected chi connectivity index (χ0v) is 16.7. The molecule has 1 spiro atoms. The first-order valence-electron chi connectivity index (χ1n) is 9.14. The smallest absolute Gasteiger partial charge is 0.254 e. The minimum Gasteiger partial charge on any atom is -0.396 e. The number of morpholine rings is 1. The number of nitrogens with two attached hydrogens (primary N) is 1. The molecule has 1 saturated heterocycles. The molecule has 1 atom stereocenters. The first-order valence-corrected chi connectivity index (χ1v) is 9.97. The highest BCUT2D eigenvalue weighted by atomic mass is 32.1. The molecule has 1 amide bonds. The van der Waals surface area contributed by atoms with E-state index in [9.17, 15) is 9.59 Å². The summed E-state index contributed by atoms with van der Waals surface area (Å²) >= 11 is 1.29. The van der Waals surface area contributed by atoms with Crippen molar-refractivity contribution in [2.24, 2.45) is 11.1 Å². The molecule has 0 bridgehead atoms. The van der Waals surface area contributed by atoms with Crippen LogP contribution in [0.15, 0.2) is 41.4 Å². The maximum atomic E-state index is 13.1. The number of carbonyl (C=O) groups excluding carboxylic acids is 2. The maximum absolute atomic E-state index is 13.1. The second-order valence-corrected chi connectivity index (χ2v) is 8.61. The third kappa shape index (κ3) is 3.33. The molecule has 0 saturated carbocycles. The Morgan fingerprint density at radius 1 is 1.29 bits per heavy atom. The Hall–Kier alpha value is -2.58. The van der Waals surface area contributed by atoms with Crippen LogP contribution in [0.25, 0.3) is 11.3 Å². The average molecular weight is 398 g/mol. The molecule has 146 valence electrons. The summed E-state index contributed by atoms with van der Waals surface area (Å²) in [5, 5.41) is 5.91. The molecule has 4 rings (SSSR count). The second kappa shape index (κ2) is 6.79. The van der Waals surface area contributed by atoms with Crippen molar-refractivity contribution in [1.29, 1.82) is 0 Å². The maximum Gasteiger partial charge on any atom is 0.254 e. The van der Waals surface area contributed by atoms with Crippen molar-refractivity contribution in [3.63, 3.8) is 0 Å². The van der Waals surface area contributed by atoms with Crippen LogP contribution in [-0.2, 0) is 9.53 Å². The van der Waals surface area contributed by atoms with Crippen LogP contribution in [0.2, 0.25) is 0 Å². The number of ether oxygens (including phenoxy) is 1. The molecular formula is C20H22N4O3S. The quantitative estimate of drug-likeness (QED) is 0.833. The van der Waals surface area contributed by atoms with Crippen LogP contribution in [0.3, 0.4) is 0 Å². The van der Waals surface area contributed by atoms with E-state index in [1.165, 1.54) is 11.5 Å². The van der Waals surface area contributed by atoms with Crippen molar-refractivity contribution in [3.8, 4) is 11.3 Å². The standard InChI is InChI=1S/C20H22N4O3S/c1-19(2)11-20(9-15(21)17(19)25)12-24(7-8-27-20)18(26)14-5-3-13(4-6-14)16-10-28-23-22-16/h3-6,9-10H,7-8,11-12,21H2,1-2H3. The number of ketones is 1. The Labute approximate surface area is 167 Å². The van der Waals surface area contributed by atoms with Crippen molar-refractivity contribution >= 4 is 23.2 Å². The highest BCUT2D eigenvalue weighted by Crippen LogP contribution is 2.40. The first kappa shape index (κ1) is 18.8. The lowest BCUT2D eigenvalue weighted by atomic mass is 9.71. The van der Waals surface area contributed by atoms with Crippen molar-refractivity contribution in [2.45, 2.75) is 25.9 Å². The number of Topliss-reactive ketones (excluding diaryl/α,β-unsaturated/α-hetero) is 1. The van der Waals surface area contributed by atoms with Gasteiger partial charge in [-0.05, 0) is 36.2 Å². The summed E-state index contributed by atoms with van der Waals surface area (Å²) in [6.07, 6.45) is 2.19. The van der Waals surface area contributed by atoms with E-state index in [0.717, 1.165) is 11.3 Å². The summed E-state index contributed by atoms with van der Waals surface area (Å²) in [6.45, 7) is 5.02. The average Bonchev–Trinajstić information content (AvgIpc) is 3.20. The van der Waals surface area contributed by atoms with Crippen LogP contribution in [0.1, 0.15) is 30.6 Å². The van der Waals surface area contributed by atoms with E-state index in [0.29, 0.717) is 31.7 Å². The number of aromatic nitrogens is 2. The molecule has 1 aliphatic carbocycles. The molecule has 0 radical (unpaired) electrons. The minimum atomic E-state index is -0.721. The number of carbonyl (C=O) groups is 2. The van der Waals surface area contributed by atoms with E-state index in [1.807, 2.05) is 31.4 Å². The third-order valence-electron chi connectivity index (χ3n) is 5.32. The molecule has 2 aromatic rings. The number of rotatable bonds is 2. The van der Waals surface area contributed by atoms with Crippen LogP contribution in [0.5, 0.6) is 0 Å². The lowest BCUT2D eigenvalue weighted by Crippen LogP contribution is -2.57. The summed E-state index contributed by atoms with van der Waals surface area (Å²) in [5.41, 5.74) is 7.17. The molecule has 8 heteroatoms. The van der Waals surface area contributed by atoms with Gasteiger partial charge < -0.3 is 15.4 Å². The Bertz CT molecular complexity index is 937. The number of benzene rings is 1. The summed E-state index contributed by atoms with van der Waals surface area (Å²) in [7, 11) is 0. The van der Waals surface area contributed by atoms with Crippen LogP contribution >= 0.6 is 11.5 Å². The fourth-order valence-corrected chi connectivity index (χ4v) is 4.52. The molecule has 1 fully saturated rings. The van der Waals surface area contributed by atoms with Crippen molar-refractivity contribution in [1.82, 2.24) is 14.5 Å². The topological polar surface area (TPSA) is 98.4 Å². The van der Waals surface area contributed by atoms with Gasteiger partial charge in [0.15, 0.2) is 5.78 Å². The minimum absolute atomic E-state index is 0.0627. The van der Waals surface area contributed by atoms with Crippen LogP contribution in [0.4, 0.5) is 0 Å². The van der Waals surface area contributed by atoms with E-state index in [4.69, 9.17) is 10.5 Å².